The maximum atomic E-state index is 11.8. The van der Waals surface area contributed by atoms with Crippen LogP contribution in [0.3, 0.4) is 0 Å². The van der Waals surface area contributed by atoms with Gasteiger partial charge in [-0.25, -0.2) is 13.1 Å². The maximum absolute atomic E-state index is 11.8. The van der Waals surface area contributed by atoms with Crippen molar-refractivity contribution in [3.05, 3.63) is 72.1 Å². The van der Waals surface area contributed by atoms with Crippen LogP contribution in [0.2, 0.25) is 5.02 Å². The Morgan fingerprint density at radius 2 is 1.74 bits per heavy atom. The molecule has 9 heteroatoms. The van der Waals surface area contributed by atoms with Gasteiger partial charge in [0, 0.05) is 27.9 Å². The average Bonchev–Trinajstić information content (AvgIpc) is 3.32. The largest absolute Gasteiger partial charge is 0.267 e. The third kappa shape index (κ3) is 4.42. The van der Waals surface area contributed by atoms with E-state index in [0.717, 1.165) is 39.6 Å². The molecule has 158 valence electrons. The van der Waals surface area contributed by atoms with Crippen LogP contribution in [-0.4, -0.2) is 34.2 Å². The summed E-state index contributed by atoms with van der Waals surface area (Å²) in [7, 11) is -3.26. The fourth-order valence-electron chi connectivity index (χ4n) is 3.24. The number of aromatic nitrogens is 4. The lowest BCUT2D eigenvalue weighted by atomic mass is 10.2. The van der Waals surface area contributed by atoms with Crippen LogP contribution in [0, 0.1) is 0 Å². The van der Waals surface area contributed by atoms with E-state index in [-0.39, 0.29) is 4.90 Å². The Balaban J connectivity index is 1.55. The molecule has 2 aromatic heterocycles. The fourth-order valence-corrected chi connectivity index (χ4v) is 4.93. The zero-order valence-electron chi connectivity index (χ0n) is 16.6. The fraction of sp³-hybridized carbons (Fsp3) is 0.182. The summed E-state index contributed by atoms with van der Waals surface area (Å²) in [6, 6.07) is 15.0. The predicted molar refractivity (Wildman–Crippen MR) is 122 cm³/mol. The van der Waals surface area contributed by atoms with E-state index in [9.17, 15) is 8.42 Å². The summed E-state index contributed by atoms with van der Waals surface area (Å²) in [5, 5.41) is 9.97. The second kappa shape index (κ2) is 7.85. The summed E-state index contributed by atoms with van der Waals surface area (Å²) < 4.78 is 27.5. The quantitative estimate of drug-likeness (QED) is 0.383. The molecule has 4 aromatic rings. The van der Waals surface area contributed by atoms with Gasteiger partial charge in [-0.1, -0.05) is 35.5 Å². The van der Waals surface area contributed by atoms with Gasteiger partial charge < -0.3 is 0 Å². The number of benzene rings is 2. The molecule has 1 aliphatic carbocycles. The third-order valence-electron chi connectivity index (χ3n) is 5.05. The summed E-state index contributed by atoms with van der Waals surface area (Å²) >= 11 is 7.61. The zero-order valence-corrected chi connectivity index (χ0v) is 19.0. The van der Waals surface area contributed by atoms with Crippen LogP contribution in [0.25, 0.3) is 16.9 Å². The lowest BCUT2D eigenvalue weighted by Gasteiger charge is -2.04. The van der Waals surface area contributed by atoms with Crippen molar-refractivity contribution in [3.63, 3.8) is 0 Å². The number of nitrogens with zero attached hydrogens (tertiary/aromatic N) is 4. The van der Waals surface area contributed by atoms with Crippen molar-refractivity contribution in [1.82, 2.24) is 19.6 Å². The molecule has 0 atom stereocenters. The van der Waals surface area contributed by atoms with Crippen LogP contribution in [0.5, 0.6) is 0 Å². The Morgan fingerprint density at radius 3 is 2.39 bits per heavy atom. The summed E-state index contributed by atoms with van der Waals surface area (Å²) in [5.41, 5.74) is 2.51. The van der Waals surface area contributed by atoms with Gasteiger partial charge >= 0.3 is 0 Å². The molecule has 1 saturated carbocycles. The maximum Gasteiger partial charge on any atom is 0.175 e. The molecule has 0 saturated heterocycles. The number of halogens is 1. The summed E-state index contributed by atoms with van der Waals surface area (Å²) in [4.78, 5) is 2.27. The minimum absolute atomic E-state index is 0.285. The highest BCUT2D eigenvalue weighted by molar-refractivity contribution is 7.99. The van der Waals surface area contributed by atoms with E-state index in [1.54, 1.807) is 36.0 Å². The van der Waals surface area contributed by atoms with E-state index in [1.807, 2.05) is 52.2 Å². The van der Waals surface area contributed by atoms with Crippen LogP contribution >= 0.6 is 23.4 Å². The first-order chi connectivity index (χ1) is 14.9. The van der Waals surface area contributed by atoms with Crippen molar-refractivity contribution in [2.45, 2.75) is 33.6 Å². The molecule has 5 rings (SSSR count). The lowest BCUT2D eigenvalue weighted by molar-refractivity contribution is 0.602. The molecule has 6 nitrogen and oxygen atoms in total. The Kier molecular flexibility index (Phi) is 5.16. The van der Waals surface area contributed by atoms with Crippen LogP contribution < -0.4 is 0 Å². The van der Waals surface area contributed by atoms with Gasteiger partial charge in [-0.2, -0.15) is 10.2 Å². The van der Waals surface area contributed by atoms with Gasteiger partial charge in [0.15, 0.2) is 9.84 Å². The van der Waals surface area contributed by atoms with E-state index in [4.69, 9.17) is 16.7 Å². The minimum atomic E-state index is -3.26. The second-order valence-electron chi connectivity index (χ2n) is 7.55. The topological polar surface area (TPSA) is 69.8 Å². The standard InChI is InChI=1S/C22H19ClN4O2S2/c1-31(28,29)20-10-2-15(3-11-20)22-21(30-19-8-4-16(23)5-9-19)14-27(25-22)18-12-24-26(13-18)17-6-7-17/h2-5,8-14,17H,6-7H2,1H3. The first-order valence-electron chi connectivity index (χ1n) is 9.75. The van der Waals surface area contributed by atoms with Crippen LogP contribution in [0.4, 0.5) is 0 Å². The van der Waals surface area contributed by atoms with Gasteiger partial charge in [0.1, 0.15) is 11.4 Å². The number of hydrogen-bond acceptors (Lipinski definition) is 5. The van der Waals surface area contributed by atoms with Crippen LogP contribution in [0.1, 0.15) is 18.9 Å². The first-order valence-corrected chi connectivity index (χ1v) is 12.8. The summed E-state index contributed by atoms with van der Waals surface area (Å²) in [5.74, 6) is 0. The first kappa shape index (κ1) is 20.4. The molecule has 2 aromatic carbocycles. The smallest absolute Gasteiger partial charge is 0.175 e. The predicted octanol–water partition coefficient (Wildman–Crippen LogP) is 5.28. The van der Waals surface area contributed by atoms with Crippen LogP contribution in [0.15, 0.2) is 81.8 Å². The van der Waals surface area contributed by atoms with Crippen molar-refractivity contribution in [2.75, 3.05) is 6.26 Å². The molecule has 0 aliphatic heterocycles. The van der Waals surface area contributed by atoms with Gasteiger partial charge in [-0.05, 0) is 49.2 Å². The van der Waals surface area contributed by atoms with Crippen molar-refractivity contribution in [2.24, 2.45) is 0 Å². The van der Waals surface area contributed by atoms with Gasteiger partial charge in [-0.15, -0.1) is 0 Å². The monoisotopic (exact) mass is 470 g/mol. The Hall–Kier alpha value is -2.55. The Labute approximate surface area is 189 Å². The highest BCUT2D eigenvalue weighted by atomic mass is 35.5. The van der Waals surface area contributed by atoms with Gasteiger partial charge in [0.2, 0.25) is 0 Å². The Morgan fingerprint density at radius 1 is 1.03 bits per heavy atom. The van der Waals surface area contributed by atoms with E-state index in [2.05, 4.69) is 5.10 Å². The molecule has 0 radical (unpaired) electrons. The van der Waals surface area contributed by atoms with E-state index in [0.29, 0.717) is 11.1 Å². The van der Waals surface area contributed by atoms with Gasteiger partial charge in [0.25, 0.3) is 0 Å². The molecule has 2 heterocycles. The molecular formula is C22H19ClN4O2S2. The molecular weight excluding hydrogens is 452 g/mol. The molecule has 0 amide bonds. The number of sulfone groups is 1. The molecule has 0 spiro atoms. The highest BCUT2D eigenvalue weighted by Gasteiger charge is 2.25. The molecule has 1 aliphatic rings. The van der Waals surface area contributed by atoms with E-state index in [1.165, 1.54) is 6.26 Å². The van der Waals surface area contributed by atoms with Gasteiger partial charge in [0.05, 0.1) is 28.2 Å². The lowest BCUT2D eigenvalue weighted by Crippen LogP contribution is -1.97. The highest BCUT2D eigenvalue weighted by Crippen LogP contribution is 2.38. The SMILES string of the molecule is CS(=O)(=O)c1ccc(-c2nn(-c3cnn(C4CC4)c3)cc2Sc2ccc(Cl)cc2)cc1. The van der Waals surface area contributed by atoms with E-state index < -0.39 is 9.84 Å². The molecule has 31 heavy (non-hydrogen) atoms. The summed E-state index contributed by atoms with van der Waals surface area (Å²) in [6.45, 7) is 0. The third-order valence-corrected chi connectivity index (χ3v) is 7.46. The zero-order chi connectivity index (χ0) is 21.6. The average molecular weight is 471 g/mol. The van der Waals surface area contributed by atoms with Crippen LogP contribution in [-0.2, 0) is 9.84 Å². The molecule has 0 unspecified atom stereocenters. The van der Waals surface area contributed by atoms with Crippen molar-refractivity contribution in [3.8, 4) is 16.9 Å². The second-order valence-corrected chi connectivity index (χ2v) is 11.1. The number of rotatable bonds is 6. The molecule has 0 bridgehead atoms. The minimum Gasteiger partial charge on any atom is -0.267 e. The van der Waals surface area contributed by atoms with Crippen molar-refractivity contribution >= 4 is 33.2 Å². The molecule has 1 fully saturated rings. The number of hydrogen-bond donors (Lipinski definition) is 0. The summed E-state index contributed by atoms with van der Waals surface area (Å²) in [6.07, 6.45) is 9.34. The van der Waals surface area contributed by atoms with Gasteiger partial charge in [-0.3, -0.25) is 4.68 Å². The molecule has 0 N–H and O–H groups in total. The Bertz CT molecular complexity index is 1340. The van der Waals surface area contributed by atoms with Crippen molar-refractivity contribution in [1.29, 1.82) is 0 Å². The normalized spacial score (nSPS) is 14.1. The van der Waals surface area contributed by atoms with E-state index >= 15 is 0 Å². The van der Waals surface area contributed by atoms with Crippen molar-refractivity contribution < 1.29 is 8.42 Å².